The summed E-state index contributed by atoms with van der Waals surface area (Å²) in [4.78, 5) is 85.4. The van der Waals surface area contributed by atoms with Gasteiger partial charge in [-0.3, -0.25) is 23.7 Å². The van der Waals surface area contributed by atoms with Gasteiger partial charge in [-0.15, -0.1) is 0 Å². The number of carboxylic acid groups (broad SMARTS) is 1. The number of carboxylic acids is 1. The number of aliphatic carboxylic acids is 1. The van der Waals surface area contributed by atoms with E-state index in [1.54, 1.807) is 36.1 Å². The van der Waals surface area contributed by atoms with Crippen molar-refractivity contribution < 1.29 is 101 Å². The SMILES string of the molecule is CCOC(=O)CCCCCCN1C(=O)CCC1/C=C/CC(F)(F)c1ccccc1.O=C(O)Cc1ccc(C(=O)NCCC(O)(P(=O)([O-])O)P(=O)(O)O)cc1.[Na+]. The standard InChI is InChI=1S/C23H31F2NO3.C12H17NO10P2.Na/c1-2-29-22(28)14-8-3-4-9-18-26-20(15-16-21(26)27)13-10-17-23(24,25)19-11-6-5-7-12-19;14-10(15)7-8-1-3-9(4-2-8)11(16)13-6-5-12(17,24(18,19)20)25(21,22)23;/h5-7,10-13,20H,2-4,8-9,14-18H2,1H3;1-4,17H,5-7H2,(H,13,16)(H,14,15)(H2,18,19,20)(H2,21,22,23);/q;;+1/p-1/b13-10+;;. The van der Waals surface area contributed by atoms with Gasteiger partial charge in [0.1, 0.15) is 0 Å². The monoisotopic (exact) mass is 826 g/mol. The molecule has 0 aliphatic carbocycles. The summed E-state index contributed by atoms with van der Waals surface area (Å²) in [6, 6.07) is 13.1. The summed E-state index contributed by atoms with van der Waals surface area (Å²) in [7, 11) is -11.5. The number of hydrogen-bond acceptors (Lipinski definition) is 9. The van der Waals surface area contributed by atoms with Gasteiger partial charge in [-0.25, -0.2) is 8.78 Å². The van der Waals surface area contributed by atoms with Gasteiger partial charge in [0.2, 0.25) is 11.0 Å². The zero-order valence-electron chi connectivity index (χ0n) is 30.7. The van der Waals surface area contributed by atoms with Gasteiger partial charge in [0.05, 0.1) is 19.1 Å². The quantitative estimate of drug-likeness (QED) is 0.0360. The molecule has 0 bridgehead atoms. The molecule has 1 saturated heterocycles. The minimum atomic E-state index is -5.83. The first-order chi connectivity index (χ1) is 25.2. The van der Waals surface area contributed by atoms with Gasteiger partial charge in [0.25, 0.3) is 11.8 Å². The van der Waals surface area contributed by atoms with Crippen LogP contribution in [0.1, 0.15) is 86.2 Å². The Bertz CT molecular complexity index is 1650. The summed E-state index contributed by atoms with van der Waals surface area (Å²) in [6.07, 6.45) is 6.53. The minimum absolute atomic E-state index is 0. The van der Waals surface area contributed by atoms with Crippen LogP contribution in [0.25, 0.3) is 0 Å². The Morgan fingerprint density at radius 1 is 1.02 bits per heavy atom. The first-order valence-electron chi connectivity index (χ1n) is 17.2. The zero-order chi connectivity index (χ0) is 40.6. The second kappa shape index (κ2) is 23.4. The van der Waals surface area contributed by atoms with Crippen LogP contribution in [0.3, 0.4) is 0 Å². The van der Waals surface area contributed by atoms with E-state index in [1.165, 1.54) is 42.5 Å². The minimum Gasteiger partial charge on any atom is -0.776 e. The number of nitrogens with one attached hydrogen (secondary N) is 1. The average Bonchev–Trinajstić information content (AvgIpc) is 3.44. The van der Waals surface area contributed by atoms with E-state index in [4.69, 9.17) is 24.5 Å². The molecular formula is C35H47F2N2NaO13P2. The van der Waals surface area contributed by atoms with Crippen molar-refractivity contribution in [2.24, 2.45) is 0 Å². The number of ether oxygens (including phenoxy) is 1. The van der Waals surface area contributed by atoms with Crippen molar-refractivity contribution in [3.05, 3.63) is 83.4 Å². The predicted octanol–water partition coefficient (Wildman–Crippen LogP) is 1.04. The maximum atomic E-state index is 14.3. The Kier molecular flexibility index (Phi) is 21.4. The van der Waals surface area contributed by atoms with E-state index in [9.17, 15) is 47.1 Å². The van der Waals surface area contributed by atoms with Crippen molar-refractivity contribution in [2.75, 3.05) is 19.7 Å². The van der Waals surface area contributed by atoms with Crippen molar-refractivity contribution in [2.45, 2.75) is 88.2 Å². The van der Waals surface area contributed by atoms with Gasteiger partial charge in [-0.1, -0.05) is 67.5 Å². The molecule has 2 amide bonds. The average molecular weight is 827 g/mol. The van der Waals surface area contributed by atoms with Crippen LogP contribution in [0.15, 0.2) is 66.7 Å². The number of carbonyl (C=O) groups is 4. The second-order valence-electron chi connectivity index (χ2n) is 12.5. The van der Waals surface area contributed by atoms with Gasteiger partial charge in [-0.05, 0) is 43.9 Å². The largest absolute Gasteiger partial charge is 1.00 e. The Balaban J connectivity index is 0.000000546. The third kappa shape index (κ3) is 16.7. The van der Waals surface area contributed by atoms with E-state index in [-0.39, 0.29) is 71.4 Å². The molecule has 15 nitrogen and oxygen atoms in total. The van der Waals surface area contributed by atoms with E-state index in [0.29, 0.717) is 38.0 Å². The first-order valence-corrected chi connectivity index (χ1v) is 20.4. The third-order valence-electron chi connectivity index (χ3n) is 8.37. The number of allylic oxidation sites excluding steroid dienone is 1. The molecule has 1 aliphatic heterocycles. The Morgan fingerprint density at radius 2 is 1.64 bits per heavy atom. The summed E-state index contributed by atoms with van der Waals surface area (Å²) in [5, 5.41) is 16.6. The number of carbonyl (C=O) groups excluding carboxylic acids is 3. The van der Waals surface area contributed by atoms with E-state index >= 15 is 0 Å². The third-order valence-corrected chi connectivity index (χ3v) is 12.2. The van der Waals surface area contributed by atoms with Crippen LogP contribution in [-0.4, -0.2) is 84.4 Å². The number of esters is 1. The molecule has 1 heterocycles. The zero-order valence-corrected chi connectivity index (χ0v) is 34.5. The van der Waals surface area contributed by atoms with Crippen molar-refractivity contribution in [1.29, 1.82) is 0 Å². The van der Waals surface area contributed by atoms with Gasteiger partial charge in [-0.2, -0.15) is 0 Å². The Hall–Kier alpha value is -2.82. The van der Waals surface area contributed by atoms with Crippen molar-refractivity contribution >= 4 is 38.9 Å². The van der Waals surface area contributed by atoms with E-state index < -0.39 is 51.0 Å². The molecule has 0 radical (unpaired) electrons. The predicted molar refractivity (Wildman–Crippen MR) is 190 cm³/mol. The molecule has 0 saturated carbocycles. The molecule has 1 aliphatic rings. The van der Waals surface area contributed by atoms with Crippen LogP contribution in [0.5, 0.6) is 0 Å². The number of nitrogens with zero attached hydrogens (tertiary/aromatic N) is 1. The van der Waals surface area contributed by atoms with E-state index in [1.807, 2.05) is 0 Å². The van der Waals surface area contributed by atoms with Crippen LogP contribution in [0.4, 0.5) is 8.78 Å². The van der Waals surface area contributed by atoms with Crippen LogP contribution in [-0.2, 0) is 40.6 Å². The molecule has 300 valence electrons. The van der Waals surface area contributed by atoms with Crippen molar-refractivity contribution in [1.82, 2.24) is 10.2 Å². The number of aliphatic hydroxyl groups is 1. The molecule has 2 aromatic rings. The fraction of sp³-hybridized carbons (Fsp3) is 0.486. The van der Waals surface area contributed by atoms with Gasteiger partial charge >= 0.3 is 49.1 Å². The molecule has 2 aromatic carbocycles. The van der Waals surface area contributed by atoms with Crippen LogP contribution < -0.4 is 39.8 Å². The van der Waals surface area contributed by atoms with Crippen molar-refractivity contribution in [3.63, 3.8) is 0 Å². The normalized spacial score (nSPS) is 16.6. The molecule has 6 N–H and O–H groups in total. The molecule has 0 spiro atoms. The second-order valence-corrected chi connectivity index (χ2v) is 16.4. The molecule has 55 heavy (non-hydrogen) atoms. The summed E-state index contributed by atoms with van der Waals surface area (Å²) < 4.78 is 55.6. The number of likely N-dealkylation sites (tertiary alicyclic amines) is 1. The number of hydrogen-bond donors (Lipinski definition) is 6. The number of alkyl halides is 2. The molecule has 3 atom stereocenters. The van der Waals surface area contributed by atoms with Crippen LogP contribution in [0.2, 0.25) is 0 Å². The molecule has 20 heteroatoms. The topological polar surface area (TPSA) is 251 Å². The summed E-state index contributed by atoms with van der Waals surface area (Å²) in [5.74, 6) is -4.81. The number of unbranched alkanes of at least 4 members (excludes halogenated alkanes) is 3. The van der Waals surface area contributed by atoms with E-state index in [2.05, 4.69) is 5.32 Å². The fourth-order valence-corrected chi connectivity index (χ4v) is 7.52. The maximum absolute atomic E-state index is 14.3. The smallest absolute Gasteiger partial charge is 0.776 e. The summed E-state index contributed by atoms with van der Waals surface area (Å²) in [5.41, 5.74) is 0.516. The molecule has 3 rings (SSSR count). The summed E-state index contributed by atoms with van der Waals surface area (Å²) in [6.45, 7) is 2.16. The number of benzene rings is 2. The number of halogens is 2. The molecule has 1 fully saturated rings. The number of amides is 2. The molecule has 3 unspecified atom stereocenters. The van der Waals surface area contributed by atoms with Crippen LogP contribution in [0, 0.1) is 0 Å². The number of rotatable bonds is 20. The molecular weight excluding hydrogens is 779 g/mol. The van der Waals surface area contributed by atoms with Gasteiger partial charge in [0.15, 0.2) is 7.60 Å². The Morgan fingerprint density at radius 3 is 2.20 bits per heavy atom. The maximum Gasteiger partial charge on any atom is 1.00 e. The fourth-order valence-electron chi connectivity index (χ4n) is 5.40. The van der Waals surface area contributed by atoms with Crippen molar-refractivity contribution in [3.8, 4) is 0 Å². The first kappa shape index (κ1) is 50.2. The van der Waals surface area contributed by atoms with Gasteiger partial charge in [0, 0.05) is 49.9 Å². The van der Waals surface area contributed by atoms with E-state index in [0.717, 1.165) is 25.7 Å². The van der Waals surface area contributed by atoms with Gasteiger partial charge < -0.3 is 49.3 Å². The van der Waals surface area contributed by atoms with Crippen LogP contribution >= 0.6 is 15.2 Å². The summed E-state index contributed by atoms with van der Waals surface area (Å²) >= 11 is 0. The molecule has 0 aromatic heterocycles. The Labute approximate surface area is 340 Å².